The van der Waals surface area contributed by atoms with Crippen molar-refractivity contribution in [2.45, 2.75) is 24.7 Å². The maximum atomic E-state index is 13.5. The molecule has 1 N–H and O–H groups in total. The van der Waals surface area contributed by atoms with Gasteiger partial charge in [0.25, 0.3) is 5.91 Å². The van der Waals surface area contributed by atoms with E-state index in [0.29, 0.717) is 39.8 Å². The molecule has 6 rings (SSSR count). The van der Waals surface area contributed by atoms with E-state index in [0.717, 1.165) is 24.0 Å². The van der Waals surface area contributed by atoms with E-state index in [9.17, 15) is 14.0 Å². The summed E-state index contributed by atoms with van der Waals surface area (Å²) < 4.78 is 19.6. The molecule has 188 valence electrons. The number of furan rings is 1. The van der Waals surface area contributed by atoms with E-state index in [2.05, 4.69) is 17.4 Å². The first-order chi connectivity index (χ1) is 18.5. The number of fused-ring (bicyclic) bond motifs is 1. The molecule has 1 aliphatic rings. The molecule has 1 fully saturated rings. The third-order valence-electron chi connectivity index (χ3n) is 7.51. The molecule has 1 heterocycles. The van der Waals surface area contributed by atoms with Crippen LogP contribution < -0.4 is 5.32 Å². The second kappa shape index (κ2) is 9.42. The summed E-state index contributed by atoms with van der Waals surface area (Å²) in [6, 6.07) is 29.5. The summed E-state index contributed by atoms with van der Waals surface area (Å²) in [6.07, 6.45) is 2.54. The van der Waals surface area contributed by atoms with Gasteiger partial charge in [0.15, 0.2) is 5.78 Å². The Balaban J connectivity index is 1.35. The van der Waals surface area contributed by atoms with E-state index in [1.807, 2.05) is 60.7 Å². The smallest absolute Gasteiger partial charge is 0.255 e. The van der Waals surface area contributed by atoms with Crippen LogP contribution in [0.2, 0.25) is 0 Å². The molecule has 1 saturated carbocycles. The summed E-state index contributed by atoms with van der Waals surface area (Å²) in [7, 11) is 1.57. The predicted molar refractivity (Wildman–Crippen MR) is 147 cm³/mol. The number of ketones is 1. The largest absolute Gasteiger partial charge is 0.455 e. The van der Waals surface area contributed by atoms with Gasteiger partial charge in [0.1, 0.15) is 17.2 Å². The van der Waals surface area contributed by atoms with Gasteiger partial charge >= 0.3 is 0 Å². The molecule has 5 aromatic rings. The van der Waals surface area contributed by atoms with E-state index in [1.54, 1.807) is 19.2 Å². The van der Waals surface area contributed by atoms with Gasteiger partial charge in [-0.1, -0.05) is 54.6 Å². The highest BCUT2D eigenvalue weighted by atomic mass is 19.1. The van der Waals surface area contributed by atoms with Crippen molar-refractivity contribution in [3.05, 3.63) is 120 Å². The Bertz CT molecular complexity index is 1660. The summed E-state index contributed by atoms with van der Waals surface area (Å²) >= 11 is 0. The highest BCUT2D eigenvalue weighted by molar-refractivity contribution is 6.12. The van der Waals surface area contributed by atoms with Gasteiger partial charge in [-0.2, -0.15) is 0 Å². The Morgan fingerprint density at radius 2 is 1.55 bits per heavy atom. The summed E-state index contributed by atoms with van der Waals surface area (Å²) in [4.78, 5) is 26.2. The van der Waals surface area contributed by atoms with Gasteiger partial charge in [-0.05, 0) is 72.0 Å². The van der Waals surface area contributed by atoms with Crippen molar-refractivity contribution < 1.29 is 18.4 Å². The number of benzene rings is 4. The van der Waals surface area contributed by atoms with Crippen molar-refractivity contribution in [2.75, 3.05) is 7.05 Å². The normalized spacial score (nSPS) is 13.8. The second-order valence-electron chi connectivity index (χ2n) is 9.93. The van der Waals surface area contributed by atoms with Crippen LogP contribution in [0, 0.1) is 5.82 Å². The summed E-state index contributed by atoms with van der Waals surface area (Å²) in [6.45, 7) is 0. The number of carbonyl (C=O) groups excluding carboxylic acids is 2. The van der Waals surface area contributed by atoms with Crippen molar-refractivity contribution >= 4 is 22.7 Å². The number of nitrogens with one attached hydrogen (secondary N) is 1. The number of hydrogen-bond acceptors (Lipinski definition) is 3. The Morgan fingerprint density at radius 3 is 2.26 bits per heavy atom. The lowest BCUT2D eigenvalue weighted by Crippen LogP contribution is -2.18. The van der Waals surface area contributed by atoms with E-state index in [4.69, 9.17) is 4.42 Å². The quantitative estimate of drug-likeness (QED) is 0.233. The van der Waals surface area contributed by atoms with Crippen molar-refractivity contribution in [1.29, 1.82) is 0 Å². The Labute approximate surface area is 220 Å². The summed E-state index contributed by atoms with van der Waals surface area (Å²) in [5.41, 5.74) is 5.16. The molecule has 1 aliphatic carbocycles. The lowest BCUT2D eigenvalue weighted by molar-refractivity contribution is 0.0958. The number of amides is 1. The third-order valence-corrected chi connectivity index (χ3v) is 7.51. The summed E-state index contributed by atoms with van der Waals surface area (Å²) in [5, 5.41) is 3.34. The SMILES string of the molecule is CNC(=O)c1c(-c2ccc(F)cc2)oc2ccc(-c3cccc(C(=O)CC4(c5ccccc5)CC4)c3)cc12. The van der Waals surface area contributed by atoms with Gasteiger partial charge in [0.2, 0.25) is 0 Å². The molecule has 0 spiro atoms. The van der Waals surface area contributed by atoms with Crippen molar-refractivity contribution in [3.8, 4) is 22.5 Å². The predicted octanol–water partition coefficient (Wildman–Crippen LogP) is 7.57. The van der Waals surface area contributed by atoms with Crippen LogP contribution in [0.5, 0.6) is 0 Å². The number of halogens is 1. The highest BCUT2D eigenvalue weighted by Crippen LogP contribution is 2.51. The average molecular weight is 504 g/mol. The van der Waals surface area contributed by atoms with Crippen molar-refractivity contribution in [1.82, 2.24) is 5.32 Å². The standard InChI is InChI=1S/C33H26FNO3/c1-35-32(37)30-27-19-23(12-15-29(27)38-31(30)21-10-13-26(34)14-11-21)22-6-5-7-24(18-22)28(36)20-33(16-17-33)25-8-3-2-4-9-25/h2-15,18-19H,16-17,20H2,1H3,(H,35,37). The van der Waals surface area contributed by atoms with Crippen LogP contribution in [0.25, 0.3) is 33.4 Å². The first-order valence-electron chi connectivity index (χ1n) is 12.7. The minimum atomic E-state index is -0.362. The monoisotopic (exact) mass is 503 g/mol. The number of rotatable bonds is 7. The molecule has 0 aliphatic heterocycles. The molecule has 0 radical (unpaired) electrons. The lowest BCUT2D eigenvalue weighted by Gasteiger charge is -2.15. The van der Waals surface area contributed by atoms with Gasteiger partial charge in [-0.15, -0.1) is 0 Å². The minimum absolute atomic E-state index is 0.0524. The minimum Gasteiger partial charge on any atom is -0.455 e. The Hall–Kier alpha value is -4.51. The molecule has 4 aromatic carbocycles. The van der Waals surface area contributed by atoms with Crippen LogP contribution in [0.3, 0.4) is 0 Å². The molecule has 1 amide bonds. The van der Waals surface area contributed by atoms with Gasteiger partial charge in [-0.25, -0.2) is 4.39 Å². The van der Waals surface area contributed by atoms with Crippen LogP contribution in [-0.2, 0) is 5.41 Å². The van der Waals surface area contributed by atoms with E-state index in [1.165, 1.54) is 17.7 Å². The van der Waals surface area contributed by atoms with Crippen LogP contribution in [0.4, 0.5) is 4.39 Å². The highest BCUT2D eigenvalue weighted by Gasteiger charge is 2.45. The zero-order valence-corrected chi connectivity index (χ0v) is 21.0. The van der Waals surface area contributed by atoms with E-state index >= 15 is 0 Å². The molecular formula is C33H26FNO3. The summed E-state index contributed by atoms with van der Waals surface area (Å²) in [5.74, 6) is -0.141. The van der Waals surface area contributed by atoms with E-state index in [-0.39, 0.29) is 22.9 Å². The van der Waals surface area contributed by atoms with Gasteiger partial charge in [0, 0.05) is 35.4 Å². The van der Waals surface area contributed by atoms with Crippen LogP contribution in [0.15, 0.2) is 101 Å². The lowest BCUT2D eigenvalue weighted by atomic mass is 9.88. The number of carbonyl (C=O) groups is 2. The Kier molecular flexibility index (Phi) is 5.91. The topological polar surface area (TPSA) is 59.3 Å². The van der Waals surface area contributed by atoms with E-state index < -0.39 is 0 Å². The van der Waals surface area contributed by atoms with Crippen LogP contribution >= 0.6 is 0 Å². The third kappa shape index (κ3) is 4.30. The maximum Gasteiger partial charge on any atom is 0.255 e. The first-order valence-corrected chi connectivity index (χ1v) is 12.7. The molecular weight excluding hydrogens is 477 g/mol. The fourth-order valence-corrected chi connectivity index (χ4v) is 5.22. The Morgan fingerprint density at radius 1 is 0.842 bits per heavy atom. The fourth-order valence-electron chi connectivity index (χ4n) is 5.22. The molecule has 5 heteroatoms. The fraction of sp³-hybridized carbons (Fsp3) is 0.152. The zero-order valence-electron chi connectivity index (χ0n) is 21.0. The number of hydrogen-bond donors (Lipinski definition) is 1. The molecule has 0 unspecified atom stereocenters. The number of Topliss-reactive ketones (excluding diaryl/α,β-unsaturated/α-hetero) is 1. The first kappa shape index (κ1) is 23.9. The second-order valence-corrected chi connectivity index (χ2v) is 9.93. The van der Waals surface area contributed by atoms with Crippen molar-refractivity contribution in [3.63, 3.8) is 0 Å². The molecule has 4 nitrogen and oxygen atoms in total. The molecule has 0 bridgehead atoms. The average Bonchev–Trinajstić information content (AvgIpc) is 3.64. The van der Waals surface area contributed by atoms with Gasteiger partial charge in [0.05, 0.1) is 5.56 Å². The van der Waals surface area contributed by atoms with Crippen molar-refractivity contribution in [2.24, 2.45) is 0 Å². The molecule has 38 heavy (non-hydrogen) atoms. The maximum absolute atomic E-state index is 13.5. The molecule has 0 saturated heterocycles. The molecule has 1 aromatic heterocycles. The van der Waals surface area contributed by atoms with Gasteiger partial charge in [-0.3, -0.25) is 9.59 Å². The zero-order chi connectivity index (χ0) is 26.3. The molecule has 0 atom stereocenters. The van der Waals surface area contributed by atoms with Gasteiger partial charge < -0.3 is 9.73 Å². The van der Waals surface area contributed by atoms with Crippen LogP contribution in [0.1, 0.15) is 45.5 Å². The van der Waals surface area contributed by atoms with Crippen LogP contribution in [-0.4, -0.2) is 18.7 Å².